The van der Waals surface area contributed by atoms with Gasteiger partial charge in [-0.15, -0.1) is 0 Å². The zero-order valence-corrected chi connectivity index (χ0v) is 9.68. The van der Waals surface area contributed by atoms with E-state index in [0.29, 0.717) is 0 Å². The molecule has 0 radical (unpaired) electrons. The fourth-order valence-corrected chi connectivity index (χ4v) is 3.03. The first-order valence-electron chi connectivity index (χ1n) is 6.29. The van der Waals surface area contributed by atoms with Crippen molar-refractivity contribution in [1.82, 2.24) is 0 Å². The molecule has 0 aromatic carbocycles. The highest BCUT2D eigenvalue weighted by Gasteiger charge is 2.30. The van der Waals surface area contributed by atoms with Gasteiger partial charge in [0.15, 0.2) is 0 Å². The Morgan fingerprint density at radius 1 is 1.08 bits per heavy atom. The molecule has 0 N–H and O–H groups in total. The molecule has 1 saturated carbocycles. The zero-order valence-electron chi connectivity index (χ0n) is 9.68. The molecule has 3 atom stereocenters. The second-order valence-electron chi connectivity index (χ2n) is 4.88. The molecule has 1 aliphatic carbocycles. The molecule has 1 aliphatic rings. The van der Waals surface area contributed by atoms with Crippen molar-refractivity contribution in [2.75, 3.05) is 0 Å². The first-order valence-corrected chi connectivity index (χ1v) is 6.29. The molecule has 3 unspecified atom stereocenters. The summed E-state index contributed by atoms with van der Waals surface area (Å²) in [6.45, 7) is 7.14. The average molecular weight is 182 g/mol. The minimum absolute atomic E-state index is 1.02. The standard InChI is InChI=1S/C13H26/c1-4-6-7-8-13-11(3)9-10-12(13)5-2/h11-13H,4-10H2,1-3H3. The van der Waals surface area contributed by atoms with Gasteiger partial charge in [-0.1, -0.05) is 52.9 Å². The highest BCUT2D eigenvalue weighted by molar-refractivity contribution is 4.81. The van der Waals surface area contributed by atoms with Crippen LogP contribution in [0.25, 0.3) is 0 Å². The molecule has 0 heteroatoms. The van der Waals surface area contributed by atoms with Gasteiger partial charge >= 0.3 is 0 Å². The SMILES string of the molecule is CCCCCC1C(C)CCC1CC. The maximum absolute atomic E-state index is 2.46. The Hall–Kier alpha value is 0. The van der Waals surface area contributed by atoms with Crippen LogP contribution in [0.4, 0.5) is 0 Å². The maximum atomic E-state index is 2.46. The van der Waals surface area contributed by atoms with E-state index in [1.807, 2.05) is 0 Å². The largest absolute Gasteiger partial charge is 0.0654 e. The van der Waals surface area contributed by atoms with Gasteiger partial charge in [-0.2, -0.15) is 0 Å². The second kappa shape index (κ2) is 5.67. The van der Waals surface area contributed by atoms with E-state index in [1.54, 1.807) is 0 Å². The van der Waals surface area contributed by atoms with Gasteiger partial charge in [-0.3, -0.25) is 0 Å². The lowest BCUT2D eigenvalue weighted by molar-refractivity contribution is 0.290. The van der Waals surface area contributed by atoms with Gasteiger partial charge in [-0.05, 0) is 30.6 Å². The Kier molecular flexibility index (Phi) is 4.83. The molecule has 78 valence electrons. The van der Waals surface area contributed by atoms with Gasteiger partial charge in [0, 0.05) is 0 Å². The minimum Gasteiger partial charge on any atom is -0.0654 e. The Morgan fingerprint density at radius 3 is 2.46 bits per heavy atom. The van der Waals surface area contributed by atoms with E-state index < -0.39 is 0 Å². The van der Waals surface area contributed by atoms with Crippen molar-refractivity contribution in [1.29, 1.82) is 0 Å². The summed E-state index contributed by atoms with van der Waals surface area (Å²) in [5.74, 6) is 3.14. The minimum atomic E-state index is 1.02. The Bertz CT molecular complexity index is 128. The summed E-state index contributed by atoms with van der Waals surface area (Å²) in [5, 5.41) is 0. The quantitative estimate of drug-likeness (QED) is 0.543. The summed E-state index contributed by atoms with van der Waals surface area (Å²) in [6.07, 6.45) is 10.2. The summed E-state index contributed by atoms with van der Waals surface area (Å²) in [5.41, 5.74) is 0. The lowest BCUT2D eigenvalue weighted by atomic mass is 9.84. The third kappa shape index (κ3) is 3.00. The number of unbranched alkanes of at least 4 members (excludes halogenated alkanes) is 2. The van der Waals surface area contributed by atoms with Crippen molar-refractivity contribution in [2.24, 2.45) is 17.8 Å². The van der Waals surface area contributed by atoms with Crippen LogP contribution in [0.2, 0.25) is 0 Å². The molecule has 0 saturated heterocycles. The van der Waals surface area contributed by atoms with Crippen molar-refractivity contribution in [2.45, 2.75) is 65.7 Å². The highest BCUT2D eigenvalue weighted by atomic mass is 14.4. The third-order valence-corrected chi connectivity index (χ3v) is 3.99. The van der Waals surface area contributed by atoms with Gasteiger partial charge in [0.25, 0.3) is 0 Å². The maximum Gasteiger partial charge on any atom is -0.0360 e. The fourth-order valence-electron chi connectivity index (χ4n) is 3.03. The number of rotatable bonds is 5. The van der Waals surface area contributed by atoms with E-state index in [9.17, 15) is 0 Å². The van der Waals surface area contributed by atoms with Crippen LogP contribution < -0.4 is 0 Å². The average Bonchev–Trinajstić information content (AvgIpc) is 2.48. The van der Waals surface area contributed by atoms with Crippen LogP contribution >= 0.6 is 0 Å². The van der Waals surface area contributed by atoms with Gasteiger partial charge in [0.05, 0.1) is 0 Å². The summed E-state index contributed by atoms with van der Waals surface area (Å²) in [7, 11) is 0. The Balaban J connectivity index is 2.27. The molecule has 0 aromatic rings. The molecular formula is C13H26. The van der Waals surface area contributed by atoms with Crippen LogP contribution in [0.5, 0.6) is 0 Å². The van der Waals surface area contributed by atoms with Crippen LogP contribution in [0, 0.1) is 17.8 Å². The predicted molar refractivity (Wildman–Crippen MR) is 59.8 cm³/mol. The van der Waals surface area contributed by atoms with E-state index in [-0.39, 0.29) is 0 Å². The van der Waals surface area contributed by atoms with E-state index in [2.05, 4.69) is 20.8 Å². The summed E-state index contributed by atoms with van der Waals surface area (Å²) >= 11 is 0. The molecule has 13 heavy (non-hydrogen) atoms. The van der Waals surface area contributed by atoms with Crippen LogP contribution in [0.1, 0.15) is 65.7 Å². The smallest absolute Gasteiger partial charge is 0.0360 e. The normalized spacial score (nSPS) is 33.9. The molecule has 0 aliphatic heterocycles. The van der Waals surface area contributed by atoms with Gasteiger partial charge in [-0.25, -0.2) is 0 Å². The molecule has 1 fully saturated rings. The van der Waals surface area contributed by atoms with E-state index in [4.69, 9.17) is 0 Å². The summed E-state index contributed by atoms with van der Waals surface area (Å²) in [6, 6.07) is 0. The first-order chi connectivity index (χ1) is 6.29. The second-order valence-corrected chi connectivity index (χ2v) is 4.88. The van der Waals surface area contributed by atoms with Gasteiger partial charge < -0.3 is 0 Å². The first kappa shape index (κ1) is 11.1. The van der Waals surface area contributed by atoms with E-state index in [0.717, 1.165) is 17.8 Å². The molecule has 0 spiro atoms. The summed E-state index contributed by atoms with van der Waals surface area (Å²) in [4.78, 5) is 0. The molecule has 0 amide bonds. The lowest BCUT2D eigenvalue weighted by Gasteiger charge is -2.21. The third-order valence-electron chi connectivity index (χ3n) is 3.99. The van der Waals surface area contributed by atoms with Crippen LogP contribution in [0.15, 0.2) is 0 Å². The predicted octanol–water partition coefficient (Wildman–Crippen LogP) is 4.64. The fraction of sp³-hybridized carbons (Fsp3) is 1.00. The van der Waals surface area contributed by atoms with Gasteiger partial charge in [0.2, 0.25) is 0 Å². The van der Waals surface area contributed by atoms with Crippen molar-refractivity contribution in [3.8, 4) is 0 Å². The van der Waals surface area contributed by atoms with Gasteiger partial charge in [0.1, 0.15) is 0 Å². The lowest BCUT2D eigenvalue weighted by Crippen LogP contribution is -2.12. The summed E-state index contributed by atoms with van der Waals surface area (Å²) < 4.78 is 0. The topological polar surface area (TPSA) is 0 Å². The molecule has 1 rings (SSSR count). The highest BCUT2D eigenvalue weighted by Crippen LogP contribution is 2.41. The van der Waals surface area contributed by atoms with Crippen molar-refractivity contribution in [3.63, 3.8) is 0 Å². The Labute approximate surface area is 84.1 Å². The Morgan fingerprint density at radius 2 is 1.85 bits per heavy atom. The molecule has 0 nitrogen and oxygen atoms in total. The zero-order chi connectivity index (χ0) is 9.68. The number of hydrogen-bond donors (Lipinski definition) is 0. The molecular weight excluding hydrogens is 156 g/mol. The van der Waals surface area contributed by atoms with Crippen LogP contribution in [-0.2, 0) is 0 Å². The molecule has 0 heterocycles. The van der Waals surface area contributed by atoms with E-state index in [1.165, 1.54) is 44.9 Å². The van der Waals surface area contributed by atoms with Crippen LogP contribution in [-0.4, -0.2) is 0 Å². The van der Waals surface area contributed by atoms with E-state index >= 15 is 0 Å². The van der Waals surface area contributed by atoms with Crippen molar-refractivity contribution in [3.05, 3.63) is 0 Å². The monoisotopic (exact) mass is 182 g/mol. The van der Waals surface area contributed by atoms with Crippen molar-refractivity contribution < 1.29 is 0 Å². The molecule has 0 aromatic heterocycles. The van der Waals surface area contributed by atoms with Crippen LogP contribution in [0.3, 0.4) is 0 Å². The molecule has 0 bridgehead atoms. The van der Waals surface area contributed by atoms with Crippen molar-refractivity contribution >= 4 is 0 Å². The number of hydrogen-bond acceptors (Lipinski definition) is 0.